The van der Waals surface area contributed by atoms with Gasteiger partial charge in [0.25, 0.3) is 5.89 Å². The van der Waals surface area contributed by atoms with E-state index < -0.39 is 0 Å². The van der Waals surface area contributed by atoms with Crippen molar-refractivity contribution in [3.63, 3.8) is 0 Å². The number of hydrogen-bond donors (Lipinski definition) is 0. The van der Waals surface area contributed by atoms with Gasteiger partial charge in [0.05, 0.1) is 11.6 Å². The van der Waals surface area contributed by atoms with Crippen molar-refractivity contribution < 1.29 is 8.94 Å². The van der Waals surface area contributed by atoms with E-state index in [9.17, 15) is 0 Å². The van der Waals surface area contributed by atoms with Gasteiger partial charge in [0, 0.05) is 0 Å². The molecule has 2 aromatic rings. The Bertz CT molecular complexity index is 409. The topological polar surface area (TPSA) is 65.0 Å². The first-order valence-corrected chi connectivity index (χ1v) is 4.13. The summed E-state index contributed by atoms with van der Waals surface area (Å²) in [6.45, 7) is 1.80. The van der Waals surface area contributed by atoms with Crippen molar-refractivity contribution in [1.82, 2.24) is 15.1 Å². The van der Waals surface area contributed by atoms with Crippen molar-refractivity contribution in [1.29, 1.82) is 0 Å². The van der Waals surface area contributed by atoms with Crippen molar-refractivity contribution >= 4 is 11.6 Å². The second-order valence-corrected chi connectivity index (χ2v) is 2.68. The van der Waals surface area contributed by atoms with Gasteiger partial charge in [-0.2, -0.15) is 4.98 Å². The summed E-state index contributed by atoms with van der Waals surface area (Å²) in [7, 11) is 0. The molecule has 0 radical (unpaired) electrons. The monoisotopic (exact) mass is 199 g/mol. The molecule has 0 N–H and O–H groups in total. The van der Waals surface area contributed by atoms with Crippen LogP contribution in [0.4, 0.5) is 0 Å². The second-order valence-electron chi connectivity index (χ2n) is 2.42. The summed E-state index contributed by atoms with van der Waals surface area (Å²) < 4.78 is 9.96. The molecule has 0 aliphatic heterocycles. The Kier molecular flexibility index (Phi) is 2.02. The fourth-order valence-corrected chi connectivity index (χ4v) is 1.02. The van der Waals surface area contributed by atoms with Crippen LogP contribution in [0, 0.1) is 6.92 Å². The number of rotatable bonds is 2. The maximum absolute atomic E-state index is 5.51. The molecular weight excluding hydrogens is 194 g/mol. The number of aromatic nitrogens is 3. The second kappa shape index (κ2) is 3.18. The lowest BCUT2D eigenvalue weighted by atomic mass is 10.4. The quantitative estimate of drug-likeness (QED) is 0.690. The molecule has 0 saturated heterocycles. The van der Waals surface area contributed by atoms with Crippen LogP contribution in [0.5, 0.6) is 0 Å². The van der Waals surface area contributed by atoms with Gasteiger partial charge in [-0.25, -0.2) is 4.98 Å². The minimum absolute atomic E-state index is 0.219. The van der Waals surface area contributed by atoms with Crippen LogP contribution in [0.2, 0.25) is 0 Å². The van der Waals surface area contributed by atoms with Crippen LogP contribution in [0.15, 0.2) is 15.3 Å². The van der Waals surface area contributed by atoms with Crippen molar-refractivity contribution in [2.45, 2.75) is 12.8 Å². The number of halogens is 1. The van der Waals surface area contributed by atoms with Crippen LogP contribution < -0.4 is 0 Å². The molecular formula is C7H6ClN3O2. The Morgan fingerprint density at radius 1 is 1.54 bits per heavy atom. The van der Waals surface area contributed by atoms with Crippen LogP contribution in [-0.4, -0.2) is 15.1 Å². The number of hydrogen-bond acceptors (Lipinski definition) is 5. The highest BCUT2D eigenvalue weighted by molar-refractivity contribution is 6.16. The summed E-state index contributed by atoms with van der Waals surface area (Å²) in [5.41, 5.74) is 0.713. The van der Waals surface area contributed by atoms with Crippen molar-refractivity contribution in [3.8, 4) is 11.7 Å². The number of aryl methyl sites for hydroxylation is 1. The average molecular weight is 200 g/mol. The Labute approximate surface area is 78.7 Å². The molecule has 0 unspecified atom stereocenters. The predicted molar refractivity (Wildman–Crippen MR) is 44.1 cm³/mol. The normalized spacial score (nSPS) is 10.6. The van der Waals surface area contributed by atoms with E-state index in [1.54, 1.807) is 6.92 Å². The van der Waals surface area contributed by atoms with Crippen LogP contribution in [-0.2, 0) is 5.88 Å². The van der Waals surface area contributed by atoms with Gasteiger partial charge in [0.2, 0.25) is 5.76 Å². The third-order valence-electron chi connectivity index (χ3n) is 1.53. The minimum Gasteiger partial charge on any atom is -0.438 e. The van der Waals surface area contributed by atoms with Gasteiger partial charge >= 0.3 is 0 Å². The maximum Gasteiger partial charge on any atom is 0.295 e. The van der Waals surface area contributed by atoms with Gasteiger partial charge < -0.3 is 8.94 Å². The Hall–Kier alpha value is -1.36. The fraction of sp³-hybridized carbons (Fsp3) is 0.286. The fourth-order valence-electron chi connectivity index (χ4n) is 0.908. The van der Waals surface area contributed by atoms with E-state index in [-0.39, 0.29) is 5.88 Å². The molecule has 0 spiro atoms. The zero-order chi connectivity index (χ0) is 9.26. The molecule has 68 valence electrons. The molecule has 2 heterocycles. The standard InChI is InChI=1S/C7H6ClN3O2/c1-4-6(12-3-9-4)7-10-5(2-8)11-13-7/h3H,2H2,1H3. The van der Waals surface area contributed by atoms with Crippen LogP contribution in [0.25, 0.3) is 11.7 Å². The number of alkyl halides is 1. The van der Waals surface area contributed by atoms with E-state index in [4.69, 9.17) is 20.5 Å². The van der Waals surface area contributed by atoms with Crippen molar-refractivity contribution in [3.05, 3.63) is 17.9 Å². The highest BCUT2D eigenvalue weighted by Gasteiger charge is 2.14. The molecule has 13 heavy (non-hydrogen) atoms. The zero-order valence-electron chi connectivity index (χ0n) is 6.82. The first-order chi connectivity index (χ1) is 6.31. The third kappa shape index (κ3) is 1.42. The molecule has 0 saturated carbocycles. The minimum atomic E-state index is 0.219. The summed E-state index contributed by atoms with van der Waals surface area (Å²) in [5.74, 6) is 1.46. The first-order valence-electron chi connectivity index (χ1n) is 3.60. The summed E-state index contributed by atoms with van der Waals surface area (Å²) in [4.78, 5) is 7.89. The number of oxazole rings is 1. The van der Waals surface area contributed by atoms with Gasteiger partial charge in [0.15, 0.2) is 12.2 Å². The molecule has 6 heteroatoms. The van der Waals surface area contributed by atoms with Gasteiger partial charge in [-0.1, -0.05) is 5.16 Å². The summed E-state index contributed by atoms with van der Waals surface area (Å²) in [5, 5.41) is 3.63. The van der Waals surface area contributed by atoms with Gasteiger partial charge in [-0.05, 0) is 6.92 Å². The van der Waals surface area contributed by atoms with Crippen molar-refractivity contribution in [2.24, 2.45) is 0 Å². The zero-order valence-corrected chi connectivity index (χ0v) is 7.58. The molecule has 0 atom stereocenters. The SMILES string of the molecule is Cc1ncoc1-c1nc(CCl)no1. The Morgan fingerprint density at radius 2 is 2.38 bits per heavy atom. The molecule has 2 aromatic heterocycles. The summed E-state index contributed by atoms with van der Waals surface area (Å²) in [6.07, 6.45) is 1.33. The van der Waals surface area contributed by atoms with Crippen LogP contribution in [0.3, 0.4) is 0 Å². The predicted octanol–water partition coefficient (Wildman–Crippen LogP) is 1.77. The lowest BCUT2D eigenvalue weighted by molar-refractivity contribution is 0.410. The highest BCUT2D eigenvalue weighted by Crippen LogP contribution is 2.20. The maximum atomic E-state index is 5.51. The van der Waals surface area contributed by atoms with E-state index in [1.165, 1.54) is 6.39 Å². The van der Waals surface area contributed by atoms with Crippen molar-refractivity contribution in [2.75, 3.05) is 0 Å². The third-order valence-corrected chi connectivity index (χ3v) is 1.77. The van der Waals surface area contributed by atoms with Crippen LogP contribution in [0.1, 0.15) is 11.5 Å². The van der Waals surface area contributed by atoms with Crippen LogP contribution >= 0.6 is 11.6 Å². The molecule has 0 aliphatic carbocycles. The molecule has 2 rings (SSSR count). The molecule has 0 fully saturated rings. The van der Waals surface area contributed by atoms with Gasteiger partial charge in [-0.15, -0.1) is 11.6 Å². The molecule has 0 aromatic carbocycles. The molecule has 0 amide bonds. The van der Waals surface area contributed by atoms with Gasteiger partial charge in [0.1, 0.15) is 0 Å². The van der Waals surface area contributed by atoms with E-state index in [0.29, 0.717) is 23.2 Å². The Balaban J connectivity index is 2.41. The Morgan fingerprint density at radius 3 is 2.92 bits per heavy atom. The molecule has 0 aliphatic rings. The number of nitrogens with zero attached hydrogens (tertiary/aromatic N) is 3. The van der Waals surface area contributed by atoms with E-state index in [1.807, 2.05) is 0 Å². The van der Waals surface area contributed by atoms with E-state index in [2.05, 4.69) is 15.1 Å². The van der Waals surface area contributed by atoms with E-state index >= 15 is 0 Å². The largest absolute Gasteiger partial charge is 0.438 e. The smallest absolute Gasteiger partial charge is 0.295 e. The molecule has 5 nitrogen and oxygen atoms in total. The average Bonchev–Trinajstić information content (AvgIpc) is 2.71. The lowest BCUT2D eigenvalue weighted by Gasteiger charge is -1.85. The highest BCUT2D eigenvalue weighted by atomic mass is 35.5. The molecule has 0 bridgehead atoms. The lowest BCUT2D eigenvalue weighted by Crippen LogP contribution is -1.81. The first kappa shape index (κ1) is 8.25. The van der Waals surface area contributed by atoms with E-state index in [0.717, 1.165) is 0 Å². The summed E-state index contributed by atoms with van der Waals surface area (Å²) >= 11 is 5.51. The summed E-state index contributed by atoms with van der Waals surface area (Å²) in [6, 6.07) is 0. The van der Waals surface area contributed by atoms with Gasteiger partial charge in [-0.3, -0.25) is 0 Å².